The fourth-order valence-electron chi connectivity index (χ4n) is 3.21. The second-order valence-corrected chi connectivity index (χ2v) is 7.05. The van der Waals surface area contributed by atoms with Crippen LogP contribution in [0.1, 0.15) is 54.4 Å². The Balaban J connectivity index is 2.09. The van der Waals surface area contributed by atoms with Crippen molar-refractivity contribution < 1.29 is 9.47 Å². The van der Waals surface area contributed by atoms with Gasteiger partial charge in [-0.2, -0.15) is 0 Å². The van der Waals surface area contributed by atoms with E-state index in [0.29, 0.717) is 6.04 Å². The lowest BCUT2D eigenvalue weighted by atomic mass is 9.88. The lowest BCUT2D eigenvalue weighted by molar-refractivity contribution is -0.0723. The van der Waals surface area contributed by atoms with E-state index in [-0.39, 0.29) is 22.8 Å². The zero-order valence-corrected chi connectivity index (χ0v) is 12.1. The largest absolute Gasteiger partial charge is 0.377 e. The summed E-state index contributed by atoms with van der Waals surface area (Å²) < 4.78 is 11.8. The standard InChI is InChI=1S/C14H27NO2/c1-10-14(6,7-8-16-10)15-11-9-12(2,3)17-13(11,4)5/h10-11,15H,7-9H2,1-6H3. The maximum atomic E-state index is 6.14. The summed E-state index contributed by atoms with van der Waals surface area (Å²) in [5, 5.41) is 3.80. The van der Waals surface area contributed by atoms with Gasteiger partial charge in [-0.3, -0.25) is 0 Å². The van der Waals surface area contributed by atoms with Gasteiger partial charge >= 0.3 is 0 Å². The molecule has 2 heterocycles. The normalized spacial score (nSPS) is 44.1. The van der Waals surface area contributed by atoms with Crippen LogP contribution < -0.4 is 5.32 Å². The van der Waals surface area contributed by atoms with Crippen LogP contribution in [-0.2, 0) is 9.47 Å². The third kappa shape index (κ3) is 2.51. The van der Waals surface area contributed by atoms with Crippen molar-refractivity contribution >= 4 is 0 Å². The Kier molecular flexibility index (Phi) is 3.08. The van der Waals surface area contributed by atoms with Gasteiger partial charge in [-0.05, 0) is 54.4 Å². The topological polar surface area (TPSA) is 30.5 Å². The molecule has 0 aromatic rings. The van der Waals surface area contributed by atoms with Crippen LogP contribution in [0.5, 0.6) is 0 Å². The van der Waals surface area contributed by atoms with Crippen LogP contribution in [0.25, 0.3) is 0 Å². The predicted molar refractivity (Wildman–Crippen MR) is 69.2 cm³/mol. The van der Waals surface area contributed by atoms with E-state index >= 15 is 0 Å². The Hall–Kier alpha value is -0.120. The molecule has 0 spiro atoms. The molecule has 3 heteroatoms. The first-order chi connectivity index (χ1) is 7.65. The molecule has 3 nitrogen and oxygen atoms in total. The highest BCUT2D eigenvalue weighted by atomic mass is 16.5. The van der Waals surface area contributed by atoms with E-state index in [1.807, 2.05) is 0 Å². The quantitative estimate of drug-likeness (QED) is 0.805. The zero-order valence-electron chi connectivity index (χ0n) is 12.1. The molecule has 0 amide bonds. The summed E-state index contributed by atoms with van der Waals surface area (Å²) in [6, 6.07) is 0.395. The van der Waals surface area contributed by atoms with Gasteiger partial charge in [0.05, 0.1) is 17.3 Å². The summed E-state index contributed by atoms with van der Waals surface area (Å²) in [5.74, 6) is 0. The Morgan fingerprint density at radius 3 is 2.18 bits per heavy atom. The second-order valence-electron chi connectivity index (χ2n) is 7.05. The zero-order chi connectivity index (χ0) is 12.9. The van der Waals surface area contributed by atoms with Crippen LogP contribution in [-0.4, -0.2) is 35.5 Å². The maximum absolute atomic E-state index is 6.14. The van der Waals surface area contributed by atoms with Crippen molar-refractivity contribution in [3.8, 4) is 0 Å². The van der Waals surface area contributed by atoms with Gasteiger partial charge in [-0.25, -0.2) is 0 Å². The van der Waals surface area contributed by atoms with E-state index in [1.165, 1.54) is 0 Å². The van der Waals surface area contributed by atoms with E-state index in [4.69, 9.17) is 9.47 Å². The van der Waals surface area contributed by atoms with E-state index in [1.54, 1.807) is 0 Å². The average Bonchev–Trinajstić information content (AvgIpc) is 2.52. The minimum Gasteiger partial charge on any atom is -0.377 e. The Morgan fingerprint density at radius 2 is 1.76 bits per heavy atom. The van der Waals surface area contributed by atoms with Gasteiger partial charge in [0.1, 0.15) is 0 Å². The Labute approximate surface area is 105 Å². The van der Waals surface area contributed by atoms with Crippen molar-refractivity contribution in [1.29, 1.82) is 0 Å². The number of rotatable bonds is 2. The molecule has 0 aromatic heterocycles. The van der Waals surface area contributed by atoms with Crippen molar-refractivity contribution in [3.05, 3.63) is 0 Å². The monoisotopic (exact) mass is 241 g/mol. The Morgan fingerprint density at radius 1 is 1.12 bits per heavy atom. The van der Waals surface area contributed by atoms with Crippen LogP contribution >= 0.6 is 0 Å². The van der Waals surface area contributed by atoms with Crippen molar-refractivity contribution in [2.75, 3.05) is 6.61 Å². The van der Waals surface area contributed by atoms with Crippen molar-refractivity contribution in [2.45, 2.75) is 83.3 Å². The lowest BCUT2D eigenvalue weighted by Crippen LogP contribution is -2.57. The molecule has 2 aliphatic rings. The minimum atomic E-state index is -0.102. The van der Waals surface area contributed by atoms with Gasteiger partial charge in [0, 0.05) is 18.2 Å². The van der Waals surface area contributed by atoms with Crippen LogP contribution in [0.2, 0.25) is 0 Å². The van der Waals surface area contributed by atoms with Gasteiger partial charge in [0.15, 0.2) is 0 Å². The molecule has 0 saturated carbocycles. The maximum Gasteiger partial charge on any atom is 0.0787 e. The first-order valence-electron chi connectivity index (χ1n) is 6.74. The molecule has 0 aromatic carbocycles. The highest BCUT2D eigenvalue weighted by Crippen LogP contribution is 2.39. The number of ether oxygens (including phenoxy) is 2. The SMILES string of the molecule is CC1OCCC1(C)NC1CC(C)(C)OC1(C)C. The molecule has 2 saturated heterocycles. The van der Waals surface area contributed by atoms with Gasteiger partial charge < -0.3 is 14.8 Å². The Bertz CT molecular complexity index is 301. The van der Waals surface area contributed by atoms with Gasteiger partial charge in [0.25, 0.3) is 0 Å². The molecular weight excluding hydrogens is 214 g/mol. The highest BCUT2D eigenvalue weighted by molar-refractivity contribution is 5.04. The predicted octanol–water partition coefficient (Wildman–Crippen LogP) is 2.49. The van der Waals surface area contributed by atoms with E-state index in [2.05, 4.69) is 46.9 Å². The molecule has 100 valence electrons. The fraction of sp³-hybridized carbons (Fsp3) is 1.00. The fourth-order valence-corrected chi connectivity index (χ4v) is 3.21. The molecule has 3 unspecified atom stereocenters. The van der Waals surface area contributed by atoms with Gasteiger partial charge in [0.2, 0.25) is 0 Å². The average molecular weight is 241 g/mol. The van der Waals surface area contributed by atoms with Crippen LogP contribution in [0.3, 0.4) is 0 Å². The van der Waals surface area contributed by atoms with Crippen LogP contribution in [0, 0.1) is 0 Å². The van der Waals surface area contributed by atoms with E-state index in [9.17, 15) is 0 Å². The molecule has 3 atom stereocenters. The molecular formula is C14H27NO2. The van der Waals surface area contributed by atoms with Crippen LogP contribution in [0.15, 0.2) is 0 Å². The first kappa shape index (κ1) is 13.3. The number of hydrogen-bond donors (Lipinski definition) is 1. The summed E-state index contributed by atoms with van der Waals surface area (Å²) in [7, 11) is 0. The van der Waals surface area contributed by atoms with E-state index in [0.717, 1.165) is 19.4 Å². The smallest absolute Gasteiger partial charge is 0.0787 e. The molecule has 17 heavy (non-hydrogen) atoms. The summed E-state index contributed by atoms with van der Waals surface area (Å²) in [4.78, 5) is 0. The van der Waals surface area contributed by atoms with E-state index < -0.39 is 0 Å². The second kappa shape index (κ2) is 3.94. The van der Waals surface area contributed by atoms with Crippen LogP contribution in [0.4, 0.5) is 0 Å². The molecule has 0 bridgehead atoms. The van der Waals surface area contributed by atoms with Crippen molar-refractivity contribution in [1.82, 2.24) is 5.32 Å². The van der Waals surface area contributed by atoms with Gasteiger partial charge in [-0.15, -0.1) is 0 Å². The number of nitrogens with one attached hydrogen (secondary N) is 1. The lowest BCUT2D eigenvalue weighted by Gasteiger charge is -2.37. The molecule has 2 aliphatic heterocycles. The molecule has 0 radical (unpaired) electrons. The highest BCUT2D eigenvalue weighted by Gasteiger charge is 2.49. The van der Waals surface area contributed by atoms with Crippen molar-refractivity contribution in [3.63, 3.8) is 0 Å². The number of hydrogen-bond acceptors (Lipinski definition) is 3. The third-order valence-electron chi connectivity index (χ3n) is 4.46. The summed E-state index contributed by atoms with van der Waals surface area (Å²) in [5.41, 5.74) is -0.0409. The molecule has 1 N–H and O–H groups in total. The third-order valence-corrected chi connectivity index (χ3v) is 4.46. The first-order valence-corrected chi connectivity index (χ1v) is 6.74. The summed E-state index contributed by atoms with van der Waals surface area (Å²) >= 11 is 0. The molecule has 0 aliphatic carbocycles. The molecule has 2 fully saturated rings. The summed E-state index contributed by atoms with van der Waals surface area (Å²) in [6.45, 7) is 14.0. The van der Waals surface area contributed by atoms with Crippen molar-refractivity contribution in [2.24, 2.45) is 0 Å². The van der Waals surface area contributed by atoms with Gasteiger partial charge in [-0.1, -0.05) is 0 Å². The summed E-state index contributed by atoms with van der Waals surface area (Å²) in [6.07, 6.45) is 2.42. The minimum absolute atomic E-state index is 0.0276. The molecule has 2 rings (SSSR count).